The van der Waals surface area contributed by atoms with Gasteiger partial charge in [0, 0.05) is 37.1 Å². The first-order chi connectivity index (χ1) is 14.6. The molecule has 1 saturated carbocycles. The van der Waals surface area contributed by atoms with Gasteiger partial charge in [0.15, 0.2) is 5.69 Å². The molecule has 1 aliphatic heterocycles. The summed E-state index contributed by atoms with van der Waals surface area (Å²) in [6.07, 6.45) is 11.4. The molecule has 2 amide bonds. The molecule has 1 N–H and O–H groups in total. The third-order valence-electron chi connectivity index (χ3n) is 6.42. The molecule has 0 spiro atoms. The Balaban J connectivity index is 1.63. The van der Waals surface area contributed by atoms with E-state index in [0.717, 1.165) is 63.5 Å². The summed E-state index contributed by atoms with van der Waals surface area (Å²) in [6, 6.07) is 1.77. The van der Waals surface area contributed by atoms with Crippen LogP contribution < -0.4 is 5.32 Å². The molecule has 3 heterocycles. The summed E-state index contributed by atoms with van der Waals surface area (Å²) in [4.78, 5) is 28.5. The number of amides is 2. The third-order valence-corrected chi connectivity index (χ3v) is 6.42. The number of carbonyl (C=O) groups is 2. The van der Waals surface area contributed by atoms with Crippen LogP contribution in [0.15, 0.2) is 23.0 Å². The molecular weight excluding hydrogens is 382 g/mol. The monoisotopic (exact) mass is 413 g/mol. The van der Waals surface area contributed by atoms with Crippen molar-refractivity contribution in [2.24, 2.45) is 5.92 Å². The van der Waals surface area contributed by atoms with Crippen LogP contribution in [0, 0.1) is 12.8 Å². The molecule has 162 valence electrons. The summed E-state index contributed by atoms with van der Waals surface area (Å²) >= 11 is 0. The van der Waals surface area contributed by atoms with Gasteiger partial charge in [-0.05, 0) is 38.7 Å². The predicted molar refractivity (Wildman–Crippen MR) is 111 cm³/mol. The van der Waals surface area contributed by atoms with Gasteiger partial charge in [0.05, 0.1) is 12.5 Å². The molecule has 1 aliphatic carbocycles. The van der Waals surface area contributed by atoms with Gasteiger partial charge in [-0.3, -0.25) is 14.3 Å². The van der Waals surface area contributed by atoms with Crippen molar-refractivity contribution in [3.8, 4) is 0 Å². The van der Waals surface area contributed by atoms with Gasteiger partial charge < -0.3 is 14.7 Å². The van der Waals surface area contributed by atoms with E-state index in [-0.39, 0.29) is 23.8 Å². The summed E-state index contributed by atoms with van der Waals surface area (Å²) in [5, 5.41) is 11.5. The Labute approximate surface area is 177 Å². The number of aryl methyl sites for hydroxylation is 1. The number of nitrogens with zero attached hydrogens (tertiary/aromatic N) is 4. The lowest BCUT2D eigenvalue weighted by Crippen LogP contribution is -2.51. The van der Waals surface area contributed by atoms with E-state index in [1.54, 1.807) is 10.9 Å². The largest absolute Gasteiger partial charge is 0.361 e. The van der Waals surface area contributed by atoms with Crippen molar-refractivity contribution < 1.29 is 14.1 Å². The van der Waals surface area contributed by atoms with Gasteiger partial charge in [-0.2, -0.15) is 5.10 Å². The van der Waals surface area contributed by atoms with Gasteiger partial charge in [-0.15, -0.1) is 0 Å². The van der Waals surface area contributed by atoms with Crippen LogP contribution in [0.2, 0.25) is 0 Å². The Morgan fingerprint density at radius 2 is 2.03 bits per heavy atom. The van der Waals surface area contributed by atoms with Crippen molar-refractivity contribution in [1.29, 1.82) is 0 Å². The molecular formula is C22H31N5O3. The van der Waals surface area contributed by atoms with Crippen LogP contribution in [-0.2, 0) is 11.3 Å². The molecule has 2 aromatic heterocycles. The Kier molecular flexibility index (Phi) is 6.50. The molecule has 1 saturated heterocycles. The molecule has 2 aliphatic rings. The van der Waals surface area contributed by atoms with Crippen LogP contribution in [0.25, 0.3) is 0 Å². The van der Waals surface area contributed by atoms with E-state index in [1.807, 2.05) is 24.1 Å². The fourth-order valence-corrected chi connectivity index (χ4v) is 4.75. The lowest BCUT2D eigenvalue weighted by atomic mass is 9.82. The number of fused-ring (bicyclic) bond motifs is 1. The molecule has 30 heavy (non-hydrogen) atoms. The molecule has 0 radical (unpaired) electrons. The van der Waals surface area contributed by atoms with E-state index in [0.29, 0.717) is 24.5 Å². The molecule has 0 aromatic carbocycles. The second-order valence-electron chi connectivity index (χ2n) is 8.43. The van der Waals surface area contributed by atoms with Crippen LogP contribution in [-0.4, -0.2) is 50.8 Å². The number of hydrogen-bond acceptors (Lipinski definition) is 5. The van der Waals surface area contributed by atoms with Crippen molar-refractivity contribution in [2.75, 3.05) is 13.1 Å². The minimum absolute atomic E-state index is 0.0843. The van der Waals surface area contributed by atoms with Crippen LogP contribution >= 0.6 is 0 Å². The number of nitrogens with one attached hydrogen (secondary N) is 1. The van der Waals surface area contributed by atoms with Crippen LogP contribution in [0.3, 0.4) is 0 Å². The summed E-state index contributed by atoms with van der Waals surface area (Å²) in [6.45, 7) is 3.64. The Morgan fingerprint density at radius 1 is 1.20 bits per heavy atom. The van der Waals surface area contributed by atoms with Crippen molar-refractivity contribution in [3.05, 3.63) is 35.5 Å². The third kappa shape index (κ3) is 4.42. The highest BCUT2D eigenvalue weighted by Crippen LogP contribution is 2.31. The minimum atomic E-state index is -0.150. The second kappa shape index (κ2) is 9.45. The summed E-state index contributed by atoms with van der Waals surface area (Å²) in [5.41, 5.74) is 1.11. The summed E-state index contributed by atoms with van der Waals surface area (Å²) < 4.78 is 7.18. The van der Waals surface area contributed by atoms with Gasteiger partial charge in [0.25, 0.3) is 5.91 Å². The Bertz CT molecular complexity index is 860. The molecule has 8 nitrogen and oxygen atoms in total. The zero-order valence-corrected chi connectivity index (χ0v) is 17.7. The highest BCUT2D eigenvalue weighted by Gasteiger charge is 2.38. The molecule has 8 heteroatoms. The van der Waals surface area contributed by atoms with E-state index in [1.165, 1.54) is 0 Å². The second-order valence-corrected chi connectivity index (χ2v) is 8.43. The lowest BCUT2D eigenvalue weighted by Gasteiger charge is -2.39. The normalized spacial score (nSPS) is 23.4. The number of hydrogen-bond donors (Lipinski definition) is 1. The number of rotatable bonds is 3. The molecule has 2 atom stereocenters. The van der Waals surface area contributed by atoms with Crippen molar-refractivity contribution in [3.63, 3.8) is 0 Å². The fourth-order valence-electron chi connectivity index (χ4n) is 4.75. The summed E-state index contributed by atoms with van der Waals surface area (Å²) in [5.74, 6) is 0.443. The van der Waals surface area contributed by atoms with Gasteiger partial charge >= 0.3 is 0 Å². The van der Waals surface area contributed by atoms with Crippen LogP contribution in [0.1, 0.15) is 73.2 Å². The SMILES string of the molecule is Cc1onc(C(=O)N2CCCCCCNC(=O)C3CCCCC32)c1Cn1cccn1. The quantitative estimate of drug-likeness (QED) is 0.835. The zero-order chi connectivity index (χ0) is 20.9. The molecule has 2 fully saturated rings. The highest BCUT2D eigenvalue weighted by molar-refractivity contribution is 5.94. The maximum Gasteiger partial charge on any atom is 0.276 e. The van der Waals surface area contributed by atoms with Crippen LogP contribution in [0.4, 0.5) is 0 Å². The molecule has 0 bridgehead atoms. The number of carbonyl (C=O) groups excluding carboxylic acids is 2. The molecule has 2 aromatic rings. The molecule has 2 unspecified atom stereocenters. The predicted octanol–water partition coefficient (Wildman–Crippen LogP) is 2.92. The summed E-state index contributed by atoms with van der Waals surface area (Å²) in [7, 11) is 0. The van der Waals surface area contributed by atoms with E-state index < -0.39 is 0 Å². The van der Waals surface area contributed by atoms with Crippen LogP contribution in [0.5, 0.6) is 0 Å². The Hall–Kier alpha value is -2.64. The maximum atomic E-state index is 13.7. The average molecular weight is 414 g/mol. The van der Waals surface area contributed by atoms with E-state index in [4.69, 9.17) is 4.52 Å². The van der Waals surface area contributed by atoms with E-state index in [2.05, 4.69) is 15.6 Å². The van der Waals surface area contributed by atoms with E-state index in [9.17, 15) is 9.59 Å². The van der Waals surface area contributed by atoms with Crippen molar-refractivity contribution >= 4 is 11.8 Å². The minimum Gasteiger partial charge on any atom is -0.361 e. The van der Waals surface area contributed by atoms with E-state index >= 15 is 0 Å². The van der Waals surface area contributed by atoms with Gasteiger partial charge in [0.1, 0.15) is 5.76 Å². The first-order valence-corrected chi connectivity index (χ1v) is 11.2. The number of aromatic nitrogens is 3. The lowest BCUT2D eigenvalue weighted by molar-refractivity contribution is -0.128. The topological polar surface area (TPSA) is 93.3 Å². The first-order valence-electron chi connectivity index (χ1n) is 11.2. The fraction of sp³-hybridized carbons (Fsp3) is 0.636. The zero-order valence-electron chi connectivity index (χ0n) is 17.7. The average Bonchev–Trinajstić information content (AvgIpc) is 3.39. The standard InChI is InChI=1S/C22H31N5O3/c1-16-18(15-26-13-8-12-24-26)20(25-30-16)22(29)27-14-7-3-2-6-11-23-21(28)17-9-4-5-10-19(17)27/h8,12-13,17,19H,2-7,9-11,14-15H2,1H3,(H,23,28). The van der Waals surface area contributed by atoms with Crippen molar-refractivity contribution in [2.45, 2.75) is 70.9 Å². The Morgan fingerprint density at radius 3 is 2.87 bits per heavy atom. The maximum absolute atomic E-state index is 13.7. The van der Waals surface area contributed by atoms with Gasteiger partial charge in [-0.1, -0.05) is 30.8 Å². The van der Waals surface area contributed by atoms with Gasteiger partial charge in [-0.25, -0.2) is 0 Å². The smallest absolute Gasteiger partial charge is 0.276 e. The first kappa shape index (κ1) is 20.6. The molecule has 4 rings (SSSR count). The highest BCUT2D eigenvalue weighted by atomic mass is 16.5. The van der Waals surface area contributed by atoms with Crippen molar-refractivity contribution in [1.82, 2.24) is 25.2 Å². The van der Waals surface area contributed by atoms with Gasteiger partial charge in [0.2, 0.25) is 5.91 Å².